The van der Waals surface area contributed by atoms with Crippen LogP contribution in [0.4, 0.5) is 0 Å². The maximum absolute atomic E-state index is 12.8. The average Bonchev–Trinajstić information content (AvgIpc) is 3.27. The third-order valence-corrected chi connectivity index (χ3v) is 9.75. The van der Waals surface area contributed by atoms with Crippen LogP contribution in [-0.2, 0) is 33.3 Å². The fourth-order valence-corrected chi connectivity index (χ4v) is 5.99. The maximum Gasteiger partial charge on any atom is 0.361 e. The third kappa shape index (κ3) is 47.5. The highest BCUT2D eigenvalue weighted by Gasteiger charge is 2.25. The highest BCUT2D eigenvalue weighted by Crippen LogP contribution is 2.13. The second-order valence-corrected chi connectivity index (χ2v) is 17.0. The molecule has 366 valence electrons. The Morgan fingerprint density at radius 2 is 0.877 bits per heavy atom. The predicted octanol–water partition coefficient (Wildman–Crippen LogP) is 13.8. The fourth-order valence-electron chi connectivity index (χ4n) is 5.99. The van der Waals surface area contributed by atoms with Gasteiger partial charge in [0.15, 0.2) is 6.10 Å². The molecule has 0 aliphatic rings. The van der Waals surface area contributed by atoms with Crippen LogP contribution >= 0.6 is 0 Å². The van der Waals surface area contributed by atoms with Crippen LogP contribution in [0.5, 0.6) is 0 Å². The SMILES string of the molecule is CC/C=C\C/C=C\C/C=C\C/C=C\C/C=C\CCCCCCCCCCCC(=O)OC(COC(=O)C/C=C\C/C=C\C/C=C\C/C=C\C/C=C\CC)COC(OCC[N+](C)(C)C)C(=O)O. The number of esters is 2. The molecule has 0 saturated carbocycles. The summed E-state index contributed by atoms with van der Waals surface area (Å²) in [7, 11) is 5.92. The number of nitrogens with zero attached hydrogens (tertiary/aromatic N) is 1. The van der Waals surface area contributed by atoms with Crippen LogP contribution in [0.15, 0.2) is 122 Å². The van der Waals surface area contributed by atoms with Gasteiger partial charge in [-0.15, -0.1) is 0 Å². The Hall–Kier alpha value is -4.31. The third-order valence-electron chi connectivity index (χ3n) is 9.75. The van der Waals surface area contributed by atoms with E-state index in [4.69, 9.17) is 18.9 Å². The van der Waals surface area contributed by atoms with Gasteiger partial charge in [0.25, 0.3) is 6.29 Å². The summed E-state index contributed by atoms with van der Waals surface area (Å²) < 4.78 is 22.6. The zero-order valence-electron chi connectivity index (χ0n) is 41.3. The second kappa shape index (κ2) is 46.2. The quantitative estimate of drug-likeness (QED) is 0.0212. The van der Waals surface area contributed by atoms with Gasteiger partial charge in [-0.05, 0) is 83.5 Å². The molecule has 0 aromatic rings. The van der Waals surface area contributed by atoms with Crippen LogP contribution in [0, 0.1) is 0 Å². The molecule has 0 aliphatic carbocycles. The molecule has 0 aromatic carbocycles. The van der Waals surface area contributed by atoms with Crippen molar-refractivity contribution in [2.45, 2.75) is 167 Å². The molecule has 0 radical (unpaired) electrons. The zero-order chi connectivity index (χ0) is 47.7. The summed E-state index contributed by atoms with van der Waals surface area (Å²) in [4.78, 5) is 37.2. The maximum atomic E-state index is 12.8. The number of carbonyl (C=O) groups is 3. The van der Waals surface area contributed by atoms with Crippen molar-refractivity contribution in [2.24, 2.45) is 0 Å². The van der Waals surface area contributed by atoms with Crippen molar-refractivity contribution in [1.29, 1.82) is 0 Å². The molecular formula is C56H90NO8+. The number of quaternary nitrogens is 1. The van der Waals surface area contributed by atoms with Crippen LogP contribution in [0.3, 0.4) is 0 Å². The van der Waals surface area contributed by atoms with E-state index in [9.17, 15) is 19.5 Å². The molecule has 9 nitrogen and oxygen atoms in total. The van der Waals surface area contributed by atoms with Crippen LogP contribution in [0.1, 0.15) is 155 Å². The molecule has 0 aromatic heterocycles. The number of likely N-dealkylation sites (N-methyl/N-ethyl adjacent to an activating group) is 1. The molecule has 0 spiro atoms. The van der Waals surface area contributed by atoms with Crippen molar-refractivity contribution < 1.29 is 42.9 Å². The van der Waals surface area contributed by atoms with Gasteiger partial charge in [-0.25, -0.2) is 4.79 Å². The van der Waals surface area contributed by atoms with E-state index in [1.54, 1.807) is 6.08 Å². The first kappa shape index (κ1) is 60.7. The normalized spacial score (nSPS) is 13.9. The van der Waals surface area contributed by atoms with Crippen molar-refractivity contribution >= 4 is 17.9 Å². The molecule has 0 heterocycles. The highest BCUT2D eigenvalue weighted by atomic mass is 16.7. The van der Waals surface area contributed by atoms with Gasteiger partial charge < -0.3 is 28.5 Å². The Morgan fingerprint density at radius 1 is 0.477 bits per heavy atom. The standard InChI is InChI=1S/C56H89NO8/c1-6-8-10-12-14-16-18-20-22-23-24-25-26-27-28-29-30-31-33-35-37-39-41-43-45-47-54(59)65-52(51-64-56(55(60)61)62-49-48-57(3,4)5)50-63-53(58)46-44-42-40-38-36-34-32-21-19-17-15-13-11-9-7-2/h8-11,14-17,20-22,24-25,27-28,32,36,38,42,44,52,56H,6-7,12-13,18-19,23,26,29-31,33-35,37,39-41,43,45-51H2,1-5H3/p+1/b10-8-,11-9-,16-14-,17-15-,22-20-,25-24-,28-27-,32-21-,38-36-,44-42-. The van der Waals surface area contributed by atoms with Crippen LogP contribution in [-0.4, -0.2) is 87.4 Å². The number of hydrogen-bond donors (Lipinski definition) is 1. The number of hydrogen-bond acceptors (Lipinski definition) is 7. The first-order valence-corrected chi connectivity index (χ1v) is 24.7. The second-order valence-electron chi connectivity index (χ2n) is 17.0. The molecule has 1 N–H and O–H groups in total. The van der Waals surface area contributed by atoms with E-state index in [2.05, 4.69) is 117 Å². The molecule has 0 bridgehead atoms. The van der Waals surface area contributed by atoms with Gasteiger partial charge in [0, 0.05) is 6.42 Å². The van der Waals surface area contributed by atoms with Gasteiger partial charge in [0.1, 0.15) is 13.2 Å². The minimum atomic E-state index is -1.54. The van der Waals surface area contributed by atoms with Crippen LogP contribution in [0.2, 0.25) is 0 Å². The number of carbonyl (C=O) groups excluding carboxylic acids is 2. The zero-order valence-corrected chi connectivity index (χ0v) is 41.3. The van der Waals surface area contributed by atoms with E-state index in [1.807, 2.05) is 33.3 Å². The molecule has 2 unspecified atom stereocenters. The lowest BCUT2D eigenvalue weighted by Gasteiger charge is -2.25. The molecular weight excluding hydrogens is 815 g/mol. The van der Waals surface area contributed by atoms with Crippen molar-refractivity contribution in [3.05, 3.63) is 122 Å². The monoisotopic (exact) mass is 905 g/mol. The number of aliphatic carboxylic acids is 1. The minimum Gasteiger partial charge on any atom is -0.477 e. The van der Waals surface area contributed by atoms with Crippen LogP contribution < -0.4 is 0 Å². The fraction of sp³-hybridized carbons (Fsp3) is 0.589. The topological polar surface area (TPSA) is 108 Å². The minimum absolute atomic E-state index is 0.0616. The number of ether oxygens (including phenoxy) is 4. The van der Waals surface area contributed by atoms with Gasteiger partial charge in [0.2, 0.25) is 0 Å². The Balaban J connectivity index is 4.46. The van der Waals surface area contributed by atoms with E-state index in [0.29, 0.717) is 23.9 Å². The Morgan fingerprint density at radius 3 is 1.31 bits per heavy atom. The summed E-state index contributed by atoms with van der Waals surface area (Å²) in [6, 6.07) is 0. The summed E-state index contributed by atoms with van der Waals surface area (Å²) in [5, 5.41) is 9.65. The van der Waals surface area contributed by atoms with E-state index in [-0.39, 0.29) is 32.7 Å². The van der Waals surface area contributed by atoms with E-state index >= 15 is 0 Å². The predicted molar refractivity (Wildman–Crippen MR) is 271 cm³/mol. The smallest absolute Gasteiger partial charge is 0.361 e. The first-order chi connectivity index (χ1) is 31.6. The molecule has 0 rings (SSSR count). The van der Waals surface area contributed by atoms with Gasteiger partial charge in [-0.1, -0.05) is 180 Å². The van der Waals surface area contributed by atoms with Gasteiger partial charge in [-0.3, -0.25) is 9.59 Å². The summed E-state index contributed by atoms with van der Waals surface area (Å²) in [5.74, 6) is -2.20. The molecule has 0 aliphatic heterocycles. The summed E-state index contributed by atoms with van der Waals surface area (Å²) in [6.07, 6.45) is 61.5. The number of rotatable bonds is 43. The number of allylic oxidation sites excluding steroid dienone is 19. The molecule has 9 heteroatoms. The van der Waals surface area contributed by atoms with E-state index in [1.165, 1.54) is 32.1 Å². The number of carboxylic acids is 1. The number of carboxylic acid groups (broad SMARTS) is 1. The average molecular weight is 905 g/mol. The van der Waals surface area contributed by atoms with E-state index in [0.717, 1.165) is 83.5 Å². The van der Waals surface area contributed by atoms with Crippen molar-refractivity contribution in [3.8, 4) is 0 Å². The molecule has 2 atom stereocenters. The largest absolute Gasteiger partial charge is 0.477 e. The summed E-state index contributed by atoms with van der Waals surface area (Å²) in [5.41, 5.74) is 0. The van der Waals surface area contributed by atoms with Crippen molar-refractivity contribution in [3.63, 3.8) is 0 Å². The number of unbranched alkanes of at least 4 members (excludes halogenated alkanes) is 9. The van der Waals surface area contributed by atoms with E-state index < -0.39 is 30.3 Å². The van der Waals surface area contributed by atoms with Crippen LogP contribution in [0.25, 0.3) is 0 Å². The molecule has 0 amide bonds. The van der Waals surface area contributed by atoms with Gasteiger partial charge in [0.05, 0.1) is 40.8 Å². The lowest BCUT2D eigenvalue weighted by Crippen LogP contribution is -2.40. The van der Waals surface area contributed by atoms with Gasteiger partial charge in [-0.2, -0.15) is 0 Å². The highest BCUT2D eigenvalue weighted by molar-refractivity contribution is 5.72. The summed E-state index contributed by atoms with van der Waals surface area (Å²) >= 11 is 0. The Bertz CT molecular complexity index is 1470. The molecule has 0 saturated heterocycles. The summed E-state index contributed by atoms with van der Waals surface area (Å²) in [6.45, 7) is 4.49. The lowest BCUT2D eigenvalue weighted by molar-refractivity contribution is -0.870. The first-order valence-electron chi connectivity index (χ1n) is 24.7. The Labute approximate surface area is 396 Å². The molecule has 0 fully saturated rings. The Kier molecular flexibility index (Phi) is 43.2. The lowest BCUT2D eigenvalue weighted by atomic mass is 10.1. The molecule has 65 heavy (non-hydrogen) atoms. The van der Waals surface area contributed by atoms with Gasteiger partial charge >= 0.3 is 17.9 Å². The van der Waals surface area contributed by atoms with Crippen molar-refractivity contribution in [2.75, 3.05) is 47.5 Å². The van der Waals surface area contributed by atoms with Crippen molar-refractivity contribution in [1.82, 2.24) is 0 Å².